The lowest BCUT2D eigenvalue weighted by Crippen LogP contribution is -2.18. The van der Waals surface area contributed by atoms with Gasteiger partial charge in [0.1, 0.15) is 5.82 Å². The van der Waals surface area contributed by atoms with Gasteiger partial charge in [-0.2, -0.15) is 0 Å². The van der Waals surface area contributed by atoms with E-state index < -0.39 is 0 Å². The molecule has 0 aliphatic carbocycles. The van der Waals surface area contributed by atoms with Crippen LogP contribution in [0.15, 0.2) is 22.8 Å². The van der Waals surface area contributed by atoms with Crippen LogP contribution in [0.25, 0.3) is 11.4 Å². The Morgan fingerprint density at radius 1 is 1.30 bits per heavy atom. The fourth-order valence-electron chi connectivity index (χ4n) is 2.08. The highest BCUT2D eigenvalue weighted by molar-refractivity contribution is 9.10. The second-order valence-corrected chi connectivity index (χ2v) is 5.64. The molecule has 0 bridgehead atoms. The van der Waals surface area contributed by atoms with E-state index in [0.717, 1.165) is 34.6 Å². The van der Waals surface area contributed by atoms with Crippen molar-refractivity contribution >= 4 is 15.9 Å². The number of rotatable bonds is 6. The number of methoxy groups -OCH3 is 1. The Morgan fingerprint density at radius 2 is 2.00 bits per heavy atom. The van der Waals surface area contributed by atoms with E-state index in [0.29, 0.717) is 6.61 Å². The van der Waals surface area contributed by atoms with E-state index in [1.165, 1.54) is 11.1 Å². The number of imidazole rings is 1. The zero-order valence-corrected chi connectivity index (χ0v) is 13.7. The molecule has 5 heteroatoms. The summed E-state index contributed by atoms with van der Waals surface area (Å²) < 4.78 is 6.16. The number of ether oxygens (including phenoxy) is 1. The maximum absolute atomic E-state index is 5.00. The molecule has 0 atom stereocenters. The quantitative estimate of drug-likeness (QED) is 0.796. The summed E-state index contributed by atoms with van der Waals surface area (Å²) in [5.74, 6) is 0.909. The van der Waals surface area contributed by atoms with E-state index >= 15 is 0 Å². The first-order valence-corrected chi connectivity index (χ1v) is 7.41. The summed E-state index contributed by atoms with van der Waals surface area (Å²) in [7, 11) is 1.70. The summed E-state index contributed by atoms with van der Waals surface area (Å²) in [4.78, 5) is 7.81. The van der Waals surface area contributed by atoms with Crippen molar-refractivity contribution in [2.24, 2.45) is 0 Å². The van der Waals surface area contributed by atoms with Gasteiger partial charge in [-0.1, -0.05) is 15.9 Å². The van der Waals surface area contributed by atoms with Gasteiger partial charge in [-0.25, -0.2) is 4.98 Å². The maximum Gasteiger partial charge on any atom is 0.137 e. The number of hydrogen-bond donors (Lipinski definition) is 2. The van der Waals surface area contributed by atoms with Crippen LogP contribution in [0.3, 0.4) is 0 Å². The molecule has 0 amide bonds. The molecule has 0 radical (unpaired) electrons. The third-order valence-corrected chi connectivity index (χ3v) is 4.39. The second-order valence-electron chi connectivity index (χ2n) is 4.85. The molecule has 0 aliphatic rings. The van der Waals surface area contributed by atoms with Gasteiger partial charge < -0.3 is 15.0 Å². The molecule has 0 fully saturated rings. The molecule has 2 N–H and O–H groups in total. The number of nitrogens with zero attached hydrogens (tertiary/aromatic N) is 1. The lowest BCUT2D eigenvalue weighted by atomic mass is 10.1. The Bertz CT molecular complexity index is 557. The van der Waals surface area contributed by atoms with Crippen LogP contribution in [0, 0.1) is 13.8 Å². The van der Waals surface area contributed by atoms with Gasteiger partial charge in [0.15, 0.2) is 0 Å². The molecule has 1 aromatic carbocycles. The average Bonchev–Trinajstić information content (AvgIpc) is 2.89. The number of aryl methyl sites for hydroxylation is 2. The van der Waals surface area contributed by atoms with Gasteiger partial charge in [-0.3, -0.25) is 0 Å². The summed E-state index contributed by atoms with van der Waals surface area (Å²) in [6, 6.07) is 4.27. The van der Waals surface area contributed by atoms with E-state index in [-0.39, 0.29) is 0 Å². The van der Waals surface area contributed by atoms with Crippen LogP contribution in [0.1, 0.15) is 16.8 Å². The second kappa shape index (κ2) is 7.02. The number of aromatic nitrogens is 2. The highest BCUT2D eigenvalue weighted by atomic mass is 79.9. The van der Waals surface area contributed by atoms with Gasteiger partial charge in [-0.15, -0.1) is 0 Å². The van der Waals surface area contributed by atoms with E-state index in [2.05, 4.69) is 57.2 Å². The SMILES string of the molecule is COCCNCc1cnc(-c2cc(C)c(Br)c(C)c2)[nH]1. The number of aromatic amines is 1. The molecule has 0 aliphatic heterocycles. The Kier molecular flexibility index (Phi) is 5.34. The molecule has 2 rings (SSSR count). The molecule has 2 aromatic rings. The first kappa shape index (κ1) is 15.2. The van der Waals surface area contributed by atoms with Crippen molar-refractivity contribution in [1.82, 2.24) is 15.3 Å². The molecule has 1 heterocycles. The van der Waals surface area contributed by atoms with Crippen molar-refractivity contribution < 1.29 is 4.74 Å². The molecule has 0 spiro atoms. The third-order valence-electron chi connectivity index (χ3n) is 3.14. The number of H-pyrrole nitrogens is 1. The van der Waals surface area contributed by atoms with E-state index in [9.17, 15) is 0 Å². The van der Waals surface area contributed by atoms with Crippen molar-refractivity contribution in [3.05, 3.63) is 39.6 Å². The zero-order valence-electron chi connectivity index (χ0n) is 12.1. The predicted molar refractivity (Wildman–Crippen MR) is 84.8 cm³/mol. The monoisotopic (exact) mass is 337 g/mol. The largest absolute Gasteiger partial charge is 0.383 e. The Hall–Kier alpha value is -1.17. The zero-order chi connectivity index (χ0) is 14.5. The number of benzene rings is 1. The topological polar surface area (TPSA) is 49.9 Å². The molecule has 0 unspecified atom stereocenters. The normalized spacial score (nSPS) is 11.0. The van der Waals surface area contributed by atoms with Gasteiger partial charge in [0, 0.05) is 42.1 Å². The molecular formula is C15H20BrN3O. The fourth-order valence-corrected chi connectivity index (χ4v) is 2.30. The van der Waals surface area contributed by atoms with Crippen LogP contribution < -0.4 is 5.32 Å². The van der Waals surface area contributed by atoms with Crippen LogP contribution in [0.5, 0.6) is 0 Å². The Morgan fingerprint density at radius 3 is 2.65 bits per heavy atom. The van der Waals surface area contributed by atoms with Crippen LogP contribution in [-0.4, -0.2) is 30.2 Å². The number of halogens is 1. The molecular weight excluding hydrogens is 318 g/mol. The van der Waals surface area contributed by atoms with Gasteiger partial charge in [-0.05, 0) is 37.1 Å². The minimum Gasteiger partial charge on any atom is -0.383 e. The molecule has 0 saturated heterocycles. The lowest BCUT2D eigenvalue weighted by Gasteiger charge is -2.06. The average molecular weight is 338 g/mol. The maximum atomic E-state index is 5.00. The summed E-state index contributed by atoms with van der Waals surface area (Å²) in [6.45, 7) is 6.51. The minimum atomic E-state index is 0.714. The number of nitrogens with one attached hydrogen (secondary N) is 2. The lowest BCUT2D eigenvalue weighted by molar-refractivity contribution is 0.199. The van der Waals surface area contributed by atoms with Crippen LogP contribution in [-0.2, 0) is 11.3 Å². The molecule has 0 saturated carbocycles. The summed E-state index contributed by atoms with van der Waals surface area (Å²) in [5, 5.41) is 3.30. The Labute approximate surface area is 128 Å². The highest BCUT2D eigenvalue weighted by Gasteiger charge is 2.07. The van der Waals surface area contributed by atoms with Crippen molar-refractivity contribution in [2.75, 3.05) is 20.3 Å². The first-order valence-electron chi connectivity index (χ1n) is 6.62. The number of hydrogen-bond acceptors (Lipinski definition) is 3. The van der Waals surface area contributed by atoms with Crippen LogP contribution >= 0.6 is 15.9 Å². The molecule has 108 valence electrons. The fraction of sp³-hybridized carbons (Fsp3) is 0.400. The first-order chi connectivity index (χ1) is 9.61. The van der Waals surface area contributed by atoms with Gasteiger partial charge in [0.2, 0.25) is 0 Å². The minimum absolute atomic E-state index is 0.714. The van der Waals surface area contributed by atoms with Gasteiger partial charge >= 0.3 is 0 Å². The van der Waals surface area contributed by atoms with Crippen molar-refractivity contribution in [3.8, 4) is 11.4 Å². The predicted octanol–water partition coefficient (Wildman–Crippen LogP) is 3.19. The van der Waals surface area contributed by atoms with Crippen molar-refractivity contribution in [3.63, 3.8) is 0 Å². The van der Waals surface area contributed by atoms with E-state index in [4.69, 9.17) is 4.74 Å². The van der Waals surface area contributed by atoms with Gasteiger partial charge in [0.25, 0.3) is 0 Å². The highest BCUT2D eigenvalue weighted by Crippen LogP contribution is 2.27. The van der Waals surface area contributed by atoms with E-state index in [1.54, 1.807) is 7.11 Å². The molecule has 20 heavy (non-hydrogen) atoms. The van der Waals surface area contributed by atoms with Crippen LogP contribution in [0.4, 0.5) is 0 Å². The van der Waals surface area contributed by atoms with E-state index in [1.807, 2.05) is 6.20 Å². The molecule has 1 aromatic heterocycles. The van der Waals surface area contributed by atoms with Crippen LogP contribution in [0.2, 0.25) is 0 Å². The van der Waals surface area contributed by atoms with Gasteiger partial charge in [0.05, 0.1) is 6.61 Å². The summed E-state index contributed by atoms with van der Waals surface area (Å²) in [6.07, 6.45) is 1.88. The third kappa shape index (κ3) is 3.69. The van der Waals surface area contributed by atoms with Crippen molar-refractivity contribution in [1.29, 1.82) is 0 Å². The van der Waals surface area contributed by atoms with Crippen molar-refractivity contribution in [2.45, 2.75) is 20.4 Å². The standard InChI is InChI=1S/C15H20BrN3O/c1-10-6-12(7-11(2)14(10)16)15-18-9-13(19-15)8-17-4-5-20-3/h6-7,9,17H,4-5,8H2,1-3H3,(H,18,19). The molecule has 4 nitrogen and oxygen atoms in total. The summed E-state index contributed by atoms with van der Waals surface area (Å²) in [5.41, 5.74) is 4.63. The smallest absolute Gasteiger partial charge is 0.137 e. The Balaban J connectivity index is 2.08. The summed E-state index contributed by atoms with van der Waals surface area (Å²) >= 11 is 3.59.